The lowest BCUT2D eigenvalue weighted by atomic mass is 10.1. The summed E-state index contributed by atoms with van der Waals surface area (Å²) in [6.45, 7) is 2.07. The number of para-hydroxylation sites is 1. The van der Waals surface area contributed by atoms with E-state index in [0.29, 0.717) is 12.4 Å². The number of aryl methyl sites for hydroxylation is 1. The van der Waals surface area contributed by atoms with Gasteiger partial charge in [-0.25, -0.2) is 4.98 Å². The predicted molar refractivity (Wildman–Crippen MR) is 68.1 cm³/mol. The summed E-state index contributed by atoms with van der Waals surface area (Å²) < 4.78 is 0. The maximum Gasteiger partial charge on any atom is 0.127 e. The predicted octanol–water partition coefficient (Wildman–Crippen LogP) is 1.31. The van der Waals surface area contributed by atoms with E-state index < -0.39 is 6.10 Å². The average molecular weight is 232 g/mol. The van der Waals surface area contributed by atoms with E-state index in [9.17, 15) is 5.11 Å². The highest BCUT2D eigenvalue weighted by Crippen LogP contribution is 2.19. The molecular formula is C13H16N2O2. The summed E-state index contributed by atoms with van der Waals surface area (Å²) in [5.74, 6) is 0.716. The molecule has 17 heavy (non-hydrogen) atoms. The van der Waals surface area contributed by atoms with Crippen molar-refractivity contribution in [3.63, 3.8) is 0 Å². The summed E-state index contributed by atoms with van der Waals surface area (Å²) in [4.78, 5) is 4.44. The van der Waals surface area contributed by atoms with Gasteiger partial charge in [-0.15, -0.1) is 0 Å². The molecule has 1 aromatic heterocycles. The molecule has 0 amide bonds. The molecule has 0 aliphatic carbocycles. The molecule has 0 unspecified atom stereocenters. The first-order valence-corrected chi connectivity index (χ1v) is 5.60. The minimum Gasteiger partial charge on any atom is -0.394 e. The molecule has 0 aliphatic heterocycles. The Hall–Kier alpha value is -1.65. The maximum absolute atomic E-state index is 9.26. The van der Waals surface area contributed by atoms with E-state index in [1.165, 1.54) is 0 Å². The van der Waals surface area contributed by atoms with Crippen molar-refractivity contribution >= 4 is 16.7 Å². The number of rotatable bonds is 4. The Labute approximate surface area is 99.9 Å². The molecule has 0 aliphatic rings. The summed E-state index contributed by atoms with van der Waals surface area (Å²) >= 11 is 0. The van der Waals surface area contributed by atoms with Crippen LogP contribution in [-0.4, -0.2) is 34.5 Å². The number of aromatic nitrogens is 1. The summed E-state index contributed by atoms with van der Waals surface area (Å²) in [6.07, 6.45) is -0.761. The fraction of sp³-hybridized carbons (Fsp3) is 0.308. The number of benzene rings is 1. The molecule has 0 spiro atoms. The molecule has 1 atom stereocenters. The van der Waals surface area contributed by atoms with E-state index in [0.717, 1.165) is 16.5 Å². The Kier molecular flexibility index (Phi) is 3.56. The van der Waals surface area contributed by atoms with Crippen LogP contribution in [0.15, 0.2) is 30.3 Å². The molecule has 1 aromatic carbocycles. The Bertz CT molecular complexity index is 514. The third kappa shape index (κ3) is 2.72. The van der Waals surface area contributed by atoms with Crippen LogP contribution < -0.4 is 5.32 Å². The molecule has 3 N–H and O–H groups in total. The largest absolute Gasteiger partial charge is 0.394 e. The third-order valence-corrected chi connectivity index (χ3v) is 2.65. The Balaban J connectivity index is 2.24. The summed E-state index contributed by atoms with van der Waals surface area (Å²) in [5, 5.41) is 22.1. The Morgan fingerprint density at radius 3 is 2.88 bits per heavy atom. The standard InChI is InChI=1S/C13H16N2O2/c1-9-6-13(14-7-10(17)8-16)15-12-5-3-2-4-11(9)12/h2-6,10,16-17H,7-8H2,1H3,(H,14,15)/t10-/m1/s1. The lowest BCUT2D eigenvalue weighted by molar-refractivity contribution is 0.105. The average Bonchev–Trinajstić information content (AvgIpc) is 2.36. The first-order chi connectivity index (χ1) is 8.20. The van der Waals surface area contributed by atoms with Crippen LogP contribution >= 0.6 is 0 Å². The van der Waals surface area contributed by atoms with Crippen molar-refractivity contribution in [1.29, 1.82) is 0 Å². The van der Waals surface area contributed by atoms with Crippen molar-refractivity contribution in [2.45, 2.75) is 13.0 Å². The fourth-order valence-corrected chi connectivity index (χ4v) is 1.73. The van der Waals surface area contributed by atoms with Gasteiger partial charge in [-0.3, -0.25) is 0 Å². The maximum atomic E-state index is 9.26. The second kappa shape index (κ2) is 5.12. The molecular weight excluding hydrogens is 216 g/mol. The topological polar surface area (TPSA) is 65.4 Å². The van der Waals surface area contributed by atoms with Crippen molar-refractivity contribution in [1.82, 2.24) is 4.98 Å². The van der Waals surface area contributed by atoms with Gasteiger partial charge in [-0.05, 0) is 24.6 Å². The quantitative estimate of drug-likeness (QED) is 0.743. The first kappa shape index (κ1) is 11.8. The van der Waals surface area contributed by atoms with Gasteiger partial charge in [0.25, 0.3) is 0 Å². The SMILES string of the molecule is Cc1cc(NC[C@@H](O)CO)nc2ccccc12. The Morgan fingerprint density at radius 2 is 2.12 bits per heavy atom. The van der Waals surface area contributed by atoms with Crippen LogP contribution in [0, 0.1) is 6.92 Å². The molecule has 0 fully saturated rings. The van der Waals surface area contributed by atoms with Crippen molar-refractivity contribution in [3.05, 3.63) is 35.9 Å². The van der Waals surface area contributed by atoms with Gasteiger partial charge < -0.3 is 15.5 Å². The van der Waals surface area contributed by atoms with Gasteiger partial charge >= 0.3 is 0 Å². The minimum atomic E-state index is -0.761. The molecule has 4 nitrogen and oxygen atoms in total. The lowest BCUT2D eigenvalue weighted by Crippen LogP contribution is -2.23. The van der Waals surface area contributed by atoms with Crippen LogP contribution in [0.3, 0.4) is 0 Å². The van der Waals surface area contributed by atoms with Crippen molar-refractivity contribution in [2.75, 3.05) is 18.5 Å². The number of aliphatic hydroxyl groups is 2. The summed E-state index contributed by atoms with van der Waals surface area (Å²) in [6, 6.07) is 9.85. The number of hydrogen-bond acceptors (Lipinski definition) is 4. The fourth-order valence-electron chi connectivity index (χ4n) is 1.73. The molecule has 2 rings (SSSR count). The van der Waals surface area contributed by atoms with Gasteiger partial charge in [0.15, 0.2) is 0 Å². The van der Waals surface area contributed by atoms with Crippen LogP contribution in [0.25, 0.3) is 10.9 Å². The van der Waals surface area contributed by atoms with E-state index in [4.69, 9.17) is 5.11 Å². The number of hydrogen-bond donors (Lipinski definition) is 3. The minimum absolute atomic E-state index is 0.250. The summed E-state index contributed by atoms with van der Waals surface area (Å²) in [7, 11) is 0. The number of pyridine rings is 1. The monoisotopic (exact) mass is 232 g/mol. The molecule has 2 aromatic rings. The highest BCUT2D eigenvalue weighted by molar-refractivity contribution is 5.83. The van der Waals surface area contributed by atoms with Gasteiger partial charge in [0.2, 0.25) is 0 Å². The molecule has 90 valence electrons. The Morgan fingerprint density at radius 1 is 1.35 bits per heavy atom. The van der Waals surface area contributed by atoms with Crippen LogP contribution in [0.2, 0.25) is 0 Å². The molecule has 0 saturated heterocycles. The lowest BCUT2D eigenvalue weighted by Gasteiger charge is -2.11. The van der Waals surface area contributed by atoms with E-state index >= 15 is 0 Å². The molecule has 0 radical (unpaired) electrons. The van der Waals surface area contributed by atoms with E-state index in [1.807, 2.05) is 37.3 Å². The smallest absolute Gasteiger partial charge is 0.127 e. The van der Waals surface area contributed by atoms with E-state index in [-0.39, 0.29) is 6.61 Å². The van der Waals surface area contributed by atoms with Gasteiger partial charge in [0.05, 0.1) is 18.2 Å². The number of nitrogens with zero attached hydrogens (tertiary/aromatic N) is 1. The second-order valence-electron chi connectivity index (χ2n) is 4.06. The molecule has 4 heteroatoms. The zero-order valence-electron chi connectivity index (χ0n) is 9.72. The van der Waals surface area contributed by atoms with Crippen molar-refractivity contribution in [3.8, 4) is 0 Å². The highest BCUT2D eigenvalue weighted by atomic mass is 16.3. The molecule has 1 heterocycles. The highest BCUT2D eigenvalue weighted by Gasteiger charge is 2.04. The first-order valence-electron chi connectivity index (χ1n) is 5.60. The molecule has 0 saturated carbocycles. The normalized spacial score (nSPS) is 12.6. The number of anilines is 1. The van der Waals surface area contributed by atoms with Crippen LogP contribution in [0.5, 0.6) is 0 Å². The summed E-state index contributed by atoms with van der Waals surface area (Å²) in [5.41, 5.74) is 2.06. The van der Waals surface area contributed by atoms with Gasteiger partial charge in [-0.1, -0.05) is 18.2 Å². The number of aliphatic hydroxyl groups excluding tert-OH is 2. The number of nitrogens with one attached hydrogen (secondary N) is 1. The van der Waals surface area contributed by atoms with Gasteiger partial charge in [0.1, 0.15) is 5.82 Å². The van der Waals surface area contributed by atoms with Crippen LogP contribution in [-0.2, 0) is 0 Å². The van der Waals surface area contributed by atoms with E-state index in [1.54, 1.807) is 0 Å². The van der Waals surface area contributed by atoms with Gasteiger partial charge in [-0.2, -0.15) is 0 Å². The second-order valence-corrected chi connectivity index (χ2v) is 4.06. The van der Waals surface area contributed by atoms with E-state index in [2.05, 4.69) is 10.3 Å². The zero-order chi connectivity index (χ0) is 12.3. The zero-order valence-corrected chi connectivity index (χ0v) is 9.72. The molecule has 0 bridgehead atoms. The van der Waals surface area contributed by atoms with Crippen molar-refractivity contribution in [2.24, 2.45) is 0 Å². The van der Waals surface area contributed by atoms with Crippen molar-refractivity contribution < 1.29 is 10.2 Å². The number of fused-ring (bicyclic) bond motifs is 1. The van der Waals surface area contributed by atoms with Crippen LogP contribution in [0.4, 0.5) is 5.82 Å². The van der Waals surface area contributed by atoms with Gasteiger partial charge in [0, 0.05) is 11.9 Å². The van der Waals surface area contributed by atoms with Crippen LogP contribution in [0.1, 0.15) is 5.56 Å². The third-order valence-electron chi connectivity index (χ3n) is 2.65.